The minimum absolute atomic E-state index is 0.188. The lowest BCUT2D eigenvalue weighted by Crippen LogP contribution is -2.32. The smallest absolute Gasteiger partial charge is 0.251 e. The van der Waals surface area contributed by atoms with Crippen molar-refractivity contribution in [3.8, 4) is 23.0 Å². The van der Waals surface area contributed by atoms with Crippen molar-refractivity contribution in [3.05, 3.63) is 42.0 Å². The molecule has 8 nitrogen and oxygen atoms in total. The van der Waals surface area contributed by atoms with Gasteiger partial charge in [0, 0.05) is 23.4 Å². The maximum atomic E-state index is 12.3. The highest BCUT2D eigenvalue weighted by atomic mass is 16.6. The number of amides is 2. The highest BCUT2D eigenvalue weighted by Crippen LogP contribution is 2.32. The second-order valence-electron chi connectivity index (χ2n) is 5.69. The molecule has 0 atom stereocenters. The molecule has 2 aromatic rings. The first-order chi connectivity index (χ1) is 13.1. The fourth-order valence-corrected chi connectivity index (χ4v) is 2.53. The molecule has 1 heterocycles. The molecule has 0 aromatic heterocycles. The molecule has 2 N–H and O–H groups in total. The standard InChI is InChI=1S/C19H20N2O6/c1-24-14-7-12(8-15(10-14)25-2)19(23)20-11-18(22)21-13-3-4-16-17(9-13)27-6-5-26-16/h3-4,7-10H,5-6,11H2,1-2H3,(H,20,23)(H,21,22). The first-order valence-electron chi connectivity index (χ1n) is 8.30. The summed E-state index contributed by atoms with van der Waals surface area (Å²) in [5.74, 6) is 1.41. The van der Waals surface area contributed by atoms with E-state index in [2.05, 4.69) is 10.6 Å². The Balaban J connectivity index is 1.58. The quantitative estimate of drug-likeness (QED) is 0.804. The molecule has 0 spiro atoms. The molecule has 1 aliphatic heterocycles. The zero-order chi connectivity index (χ0) is 19.2. The molecule has 1 aliphatic rings. The average molecular weight is 372 g/mol. The summed E-state index contributed by atoms with van der Waals surface area (Å²) in [6.07, 6.45) is 0. The van der Waals surface area contributed by atoms with Crippen LogP contribution in [0.5, 0.6) is 23.0 Å². The van der Waals surface area contributed by atoms with Gasteiger partial charge >= 0.3 is 0 Å². The van der Waals surface area contributed by atoms with Crippen molar-refractivity contribution in [3.63, 3.8) is 0 Å². The fourth-order valence-electron chi connectivity index (χ4n) is 2.53. The van der Waals surface area contributed by atoms with Crippen LogP contribution in [0, 0.1) is 0 Å². The summed E-state index contributed by atoms with van der Waals surface area (Å²) in [6, 6.07) is 9.91. The number of ether oxygens (including phenoxy) is 4. The van der Waals surface area contributed by atoms with Crippen molar-refractivity contribution in [2.45, 2.75) is 0 Å². The van der Waals surface area contributed by atoms with E-state index >= 15 is 0 Å². The largest absolute Gasteiger partial charge is 0.497 e. The van der Waals surface area contributed by atoms with Crippen molar-refractivity contribution in [2.24, 2.45) is 0 Å². The van der Waals surface area contributed by atoms with Crippen LogP contribution in [0.3, 0.4) is 0 Å². The van der Waals surface area contributed by atoms with Gasteiger partial charge in [-0.25, -0.2) is 0 Å². The highest BCUT2D eigenvalue weighted by molar-refractivity contribution is 5.99. The Morgan fingerprint density at radius 3 is 2.30 bits per heavy atom. The molecule has 0 saturated carbocycles. The first kappa shape index (κ1) is 18.4. The molecular formula is C19H20N2O6. The molecule has 2 aromatic carbocycles. The lowest BCUT2D eigenvalue weighted by Gasteiger charge is -2.19. The lowest BCUT2D eigenvalue weighted by atomic mass is 10.2. The van der Waals surface area contributed by atoms with E-state index in [4.69, 9.17) is 18.9 Å². The number of methoxy groups -OCH3 is 2. The van der Waals surface area contributed by atoms with E-state index in [0.29, 0.717) is 47.5 Å². The number of fused-ring (bicyclic) bond motifs is 1. The second-order valence-corrected chi connectivity index (χ2v) is 5.69. The molecule has 2 amide bonds. The van der Waals surface area contributed by atoms with Crippen LogP contribution in [-0.4, -0.2) is 45.8 Å². The third kappa shape index (κ3) is 4.60. The summed E-state index contributed by atoms with van der Waals surface area (Å²) >= 11 is 0. The molecule has 142 valence electrons. The Labute approximate surface area is 156 Å². The Hall–Kier alpha value is -3.42. The van der Waals surface area contributed by atoms with Crippen molar-refractivity contribution in [2.75, 3.05) is 39.3 Å². The predicted molar refractivity (Wildman–Crippen MR) is 97.9 cm³/mol. The van der Waals surface area contributed by atoms with E-state index in [0.717, 1.165) is 0 Å². The molecule has 3 rings (SSSR count). The molecule has 0 unspecified atom stereocenters. The van der Waals surface area contributed by atoms with Crippen LogP contribution in [0.15, 0.2) is 36.4 Å². The molecule has 27 heavy (non-hydrogen) atoms. The molecule has 0 aliphatic carbocycles. The van der Waals surface area contributed by atoms with E-state index in [1.807, 2.05) is 0 Å². The van der Waals surface area contributed by atoms with Gasteiger partial charge in [-0.3, -0.25) is 9.59 Å². The zero-order valence-electron chi connectivity index (χ0n) is 15.0. The van der Waals surface area contributed by atoms with Crippen molar-refractivity contribution in [1.29, 1.82) is 0 Å². The van der Waals surface area contributed by atoms with Crippen LogP contribution in [0.4, 0.5) is 5.69 Å². The van der Waals surface area contributed by atoms with Gasteiger partial charge in [-0.2, -0.15) is 0 Å². The third-order valence-corrected chi connectivity index (χ3v) is 3.85. The summed E-state index contributed by atoms with van der Waals surface area (Å²) in [4.78, 5) is 24.4. The Morgan fingerprint density at radius 1 is 0.963 bits per heavy atom. The topological polar surface area (TPSA) is 95.1 Å². The van der Waals surface area contributed by atoms with Gasteiger partial charge in [0.1, 0.15) is 24.7 Å². The maximum Gasteiger partial charge on any atom is 0.251 e. The lowest BCUT2D eigenvalue weighted by molar-refractivity contribution is -0.115. The van der Waals surface area contributed by atoms with E-state index in [9.17, 15) is 9.59 Å². The number of hydrogen-bond donors (Lipinski definition) is 2. The Kier molecular flexibility index (Phi) is 5.65. The normalized spacial score (nSPS) is 12.1. The zero-order valence-corrected chi connectivity index (χ0v) is 15.0. The Bertz CT molecular complexity index is 830. The van der Waals surface area contributed by atoms with E-state index in [1.54, 1.807) is 36.4 Å². The van der Waals surface area contributed by atoms with Crippen LogP contribution in [-0.2, 0) is 4.79 Å². The van der Waals surface area contributed by atoms with Gasteiger partial charge in [0.25, 0.3) is 5.91 Å². The first-order valence-corrected chi connectivity index (χ1v) is 8.30. The predicted octanol–water partition coefficient (Wildman–Crippen LogP) is 1.84. The third-order valence-electron chi connectivity index (χ3n) is 3.85. The molecule has 8 heteroatoms. The SMILES string of the molecule is COc1cc(OC)cc(C(=O)NCC(=O)Nc2ccc3c(c2)OCCO3)c1. The van der Waals surface area contributed by atoms with Crippen molar-refractivity contribution >= 4 is 17.5 Å². The van der Waals surface area contributed by atoms with Gasteiger partial charge in [0.15, 0.2) is 11.5 Å². The number of anilines is 1. The van der Waals surface area contributed by atoms with Gasteiger partial charge in [-0.05, 0) is 24.3 Å². The number of carbonyl (C=O) groups is 2. The van der Waals surface area contributed by atoms with E-state index in [-0.39, 0.29) is 12.5 Å². The van der Waals surface area contributed by atoms with E-state index in [1.165, 1.54) is 14.2 Å². The van der Waals surface area contributed by atoms with Crippen LogP contribution in [0.25, 0.3) is 0 Å². The molecule has 0 fully saturated rings. The summed E-state index contributed by atoms with van der Waals surface area (Å²) in [5.41, 5.74) is 0.889. The molecule has 0 saturated heterocycles. The van der Waals surface area contributed by atoms with Crippen molar-refractivity contribution in [1.82, 2.24) is 5.32 Å². The van der Waals surface area contributed by atoms with Gasteiger partial charge in [-0.1, -0.05) is 0 Å². The van der Waals surface area contributed by atoms with Gasteiger partial charge in [0.05, 0.1) is 20.8 Å². The minimum atomic E-state index is -0.412. The van der Waals surface area contributed by atoms with E-state index < -0.39 is 5.91 Å². The molecular weight excluding hydrogens is 352 g/mol. The summed E-state index contributed by atoms with van der Waals surface area (Å²) in [6.45, 7) is 0.775. The number of carbonyl (C=O) groups excluding carboxylic acids is 2. The second kappa shape index (κ2) is 8.31. The van der Waals surface area contributed by atoms with Gasteiger partial charge in [0.2, 0.25) is 5.91 Å². The van der Waals surface area contributed by atoms with Crippen LogP contribution in [0.2, 0.25) is 0 Å². The number of hydrogen-bond acceptors (Lipinski definition) is 6. The van der Waals surface area contributed by atoms with Crippen LogP contribution in [0.1, 0.15) is 10.4 Å². The number of benzene rings is 2. The van der Waals surface area contributed by atoms with Gasteiger partial charge < -0.3 is 29.6 Å². The maximum absolute atomic E-state index is 12.3. The van der Waals surface area contributed by atoms with Crippen LogP contribution < -0.4 is 29.6 Å². The Morgan fingerprint density at radius 2 is 1.63 bits per heavy atom. The molecule has 0 bridgehead atoms. The minimum Gasteiger partial charge on any atom is -0.497 e. The average Bonchev–Trinajstić information content (AvgIpc) is 2.71. The van der Waals surface area contributed by atoms with Crippen molar-refractivity contribution < 1.29 is 28.5 Å². The summed E-state index contributed by atoms with van der Waals surface area (Å²) in [7, 11) is 2.99. The summed E-state index contributed by atoms with van der Waals surface area (Å²) in [5, 5.41) is 5.27. The number of rotatable bonds is 6. The van der Waals surface area contributed by atoms with Crippen LogP contribution >= 0.6 is 0 Å². The highest BCUT2D eigenvalue weighted by Gasteiger charge is 2.14. The van der Waals surface area contributed by atoms with Gasteiger partial charge in [-0.15, -0.1) is 0 Å². The molecule has 0 radical (unpaired) electrons. The summed E-state index contributed by atoms with van der Waals surface area (Å²) < 4.78 is 21.2. The monoisotopic (exact) mass is 372 g/mol. The number of nitrogens with one attached hydrogen (secondary N) is 2. The fraction of sp³-hybridized carbons (Fsp3) is 0.263.